The van der Waals surface area contributed by atoms with Crippen LogP contribution in [0.2, 0.25) is 0 Å². The molecule has 6 heteroatoms. The van der Waals surface area contributed by atoms with Crippen LogP contribution in [0.3, 0.4) is 0 Å². The Morgan fingerprint density at radius 2 is 1.96 bits per heavy atom. The molecule has 1 rings (SSSR count). The maximum Gasteiger partial charge on any atom is 0.303 e. The lowest BCUT2D eigenvalue weighted by atomic mass is 9.90. The molecule has 1 saturated carbocycles. The Morgan fingerprint density at radius 1 is 1.19 bits per heavy atom. The quantitative estimate of drug-likeness (QED) is 0.293. The normalized spacial score (nSPS) is 24.7. The van der Waals surface area contributed by atoms with Gasteiger partial charge in [-0.1, -0.05) is 37.1 Å². The fraction of sp³-hybridized carbons (Fsp3) is 0.700. The summed E-state index contributed by atoms with van der Waals surface area (Å²) in [6.07, 6.45) is 10.9. The molecule has 1 fully saturated rings. The number of unbranched alkanes of at least 4 members (excludes halogenated alkanes) is 3. The lowest BCUT2D eigenvalue weighted by Crippen LogP contribution is -2.18. The minimum atomic E-state index is -0.812. The van der Waals surface area contributed by atoms with Crippen molar-refractivity contribution in [1.82, 2.24) is 0 Å². The van der Waals surface area contributed by atoms with Crippen LogP contribution >= 0.6 is 0 Å². The number of rotatable bonds is 13. The van der Waals surface area contributed by atoms with Gasteiger partial charge in [0.1, 0.15) is 5.78 Å². The highest BCUT2D eigenvalue weighted by molar-refractivity contribution is 5.84. The molecule has 4 N–H and O–H groups in total. The van der Waals surface area contributed by atoms with Gasteiger partial charge in [-0.15, -0.1) is 0 Å². The van der Waals surface area contributed by atoms with E-state index in [-0.39, 0.29) is 37.1 Å². The predicted octanol–water partition coefficient (Wildman–Crippen LogP) is 2.22. The van der Waals surface area contributed by atoms with Crippen LogP contribution in [-0.2, 0) is 9.59 Å². The molecule has 6 nitrogen and oxygen atoms in total. The van der Waals surface area contributed by atoms with Crippen LogP contribution in [0.1, 0.15) is 57.8 Å². The number of carbonyl (C=O) groups is 2. The summed E-state index contributed by atoms with van der Waals surface area (Å²) in [5, 5.41) is 37.4. The Bertz CT molecular complexity index is 485. The summed E-state index contributed by atoms with van der Waals surface area (Å²) in [5.41, 5.74) is 0. The minimum Gasteiger partial charge on any atom is -0.481 e. The summed E-state index contributed by atoms with van der Waals surface area (Å²) < 4.78 is 0. The van der Waals surface area contributed by atoms with Gasteiger partial charge < -0.3 is 20.4 Å². The molecule has 0 aromatic carbocycles. The van der Waals surface area contributed by atoms with Crippen molar-refractivity contribution in [3.05, 3.63) is 24.3 Å². The maximum absolute atomic E-state index is 12.1. The molecular formula is C20H32O6. The molecule has 0 radical (unpaired) electrons. The number of hydrogen-bond acceptors (Lipinski definition) is 5. The van der Waals surface area contributed by atoms with E-state index in [1.807, 2.05) is 12.2 Å². The van der Waals surface area contributed by atoms with E-state index in [0.29, 0.717) is 25.7 Å². The van der Waals surface area contributed by atoms with Gasteiger partial charge in [0.05, 0.1) is 12.2 Å². The van der Waals surface area contributed by atoms with Crippen LogP contribution in [0, 0.1) is 11.8 Å². The van der Waals surface area contributed by atoms with Crippen LogP contribution < -0.4 is 0 Å². The highest BCUT2D eigenvalue weighted by Crippen LogP contribution is 2.33. The van der Waals surface area contributed by atoms with Gasteiger partial charge in [-0.3, -0.25) is 9.59 Å². The van der Waals surface area contributed by atoms with Gasteiger partial charge in [-0.2, -0.15) is 0 Å². The van der Waals surface area contributed by atoms with Gasteiger partial charge in [-0.05, 0) is 32.1 Å². The van der Waals surface area contributed by atoms with Crippen LogP contribution in [0.4, 0.5) is 0 Å². The molecular weight excluding hydrogens is 336 g/mol. The number of allylic oxidation sites excluding steroid dienone is 2. The third-order valence-electron chi connectivity index (χ3n) is 4.76. The monoisotopic (exact) mass is 368 g/mol. The Hall–Kier alpha value is -1.50. The zero-order valence-corrected chi connectivity index (χ0v) is 15.3. The molecule has 0 aromatic rings. The Morgan fingerprint density at radius 3 is 2.65 bits per heavy atom. The van der Waals surface area contributed by atoms with Gasteiger partial charge in [0, 0.05) is 31.3 Å². The third-order valence-corrected chi connectivity index (χ3v) is 4.76. The molecule has 0 aromatic heterocycles. The van der Waals surface area contributed by atoms with Gasteiger partial charge in [0.25, 0.3) is 0 Å². The summed E-state index contributed by atoms with van der Waals surface area (Å²) in [4.78, 5) is 22.6. The number of hydrogen-bond donors (Lipinski definition) is 4. The van der Waals surface area contributed by atoms with E-state index in [1.54, 1.807) is 12.2 Å². The van der Waals surface area contributed by atoms with Gasteiger partial charge in [-0.25, -0.2) is 0 Å². The van der Waals surface area contributed by atoms with E-state index in [2.05, 4.69) is 0 Å². The average molecular weight is 368 g/mol. The first-order chi connectivity index (χ1) is 12.5. The first kappa shape index (κ1) is 22.5. The number of aliphatic carboxylic acids is 1. The van der Waals surface area contributed by atoms with E-state index >= 15 is 0 Å². The number of ketones is 1. The molecule has 0 bridgehead atoms. The van der Waals surface area contributed by atoms with Crippen molar-refractivity contribution in [2.24, 2.45) is 11.8 Å². The molecule has 26 heavy (non-hydrogen) atoms. The molecule has 148 valence electrons. The highest BCUT2D eigenvalue weighted by atomic mass is 16.4. The zero-order valence-electron chi connectivity index (χ0n) is 15.3. The standard InChI is InChI=1S/C20H32O6/c21-13-7-3-4-8-15(22)11-12-17-16(18(23)14-19(17)24)9-5-1-2-6-10-20(25)26/h1,5,11-12,15-17,19,21-22,24H,2-4,6-10,13-14H2,(H,25,26)/t15-,16+,17+,19+/m0/s1. The van der Waals surface area contributed by atoms with Crippen LogP contribution in [0.15, 0.2) is 24.3 Å². The molecule has 0 saturated heterocycles. The average Bonchev–Trinajstić information content (AvgIpc) is 2.85. The predicted molar refractivity (Wildman–Crippen MR) is 98.6 cm³/mol. The van der Waals surface area contributed by atoms with Crippen LogP contribution in [0.5, 0.6) is 0 Å². The van der Waals surface area contributed by atoms with Crippen molar-refractivity contribution in [3.8, 4) is 0 Å². The molecule has 0 unspecified atom stereocenters. The number of aliphatic hydroxyl groups is 3. The molecule has 0 heterocycles. The van der Waals surface area contributed by atoms with E-state index in [0.717, 1.165) is 19.3 Å². The molecule has 0 aliphatic heterocycles. The third kappa shape index (κ3) is 8.74. The number of aliphatic hydroxyl groups excluding tert-OH is 3. The van der Waals surface area contributed by atoms with Crippen molar-refractivity contribution in [3.63, 3.8) is 0 Å². The van der Waals surface area contributed by atoms with Gasteiger partial charge >= 0.3 is 5.97 Å². The second kappa shape index (κ2) is 12.8. The Labute approximate surface area is 155 Å². The first-order valence-corrected chi connectivity index (χ1v) is 9.50. The van der Waals surface area contributed by atoms with Crippen molar-refractivity contribution >= 4 is 11.8 Å². The fourth-order valence-corrected chi connectivity index (χ4v) is 3.25. The second-order valence-electron chi connectivity index (χ2n) is 6.94. The molecule has 0 amide bonds. The lowest BCUT2D eigenvalue weighted by Gasteiger charge is -2.16. The molecule has 0 spiro atoms. The molecule has 4 atom stereocenters. The fourth-order valence-electron chi connectivity index (χ4n) is 3.25. The SMILES string of the molecule is O=C(O)CCCC=CC[C@H]1C(=O)C[C@@H](O)[C@@H]1C=C[C@@H](O)CCCCCO. The van der Waals surface area contributed by atoms with Gasteiger partial charge in [0.2, 0.25) is 0 Å². The zero-order chi connectivity index (χ0) is 19.4. The largest absolute Gasteiger partial charge is 0.481 e. The smallest absolute Gasteiger partial charge is 0.303 e. The van der Waals surface area contributed by atoms with E-state index < -0.39 is 18.2 Å². The summed E-state index contributed by atoms with van der Waals surface area (Å²) in [6.45, 7) is 0.161. The van der Waals surface area contributed by atoms with Crippen molar-refractivity contribution in [2.75, 3.05) is 6.61 Å². The highest BCUT2D eigenvalue weighted by Gasteiger charge is 2.39. The van der Waals surface area contributed by atoms with E-state index in [4.69, 9.17) is 10.2 Å². The van der Waals surface area contributed by atoms with Crippen LogP contribution in [-0.4, -0.2) is 51.0 Å². The molecule has 1 aliphatic carbocycles. The molecule has 1 aliphatic rings. The summed E-state index contributed by atoms with van der Waals surface area (Å²) in [5.74, 6) is -1.37. The summed E-state index contributed by atoms with van der Waals surface area (Å²) in [7, 11) is 0. The van der Waals surface area contributed by atoms with Crippen molar-refractivity contribution in [1.29, 1.82) is 0 Å². The Balaban J connectivity index is 2.45. The topological polar surface area (TPSA) is 115 Å². The van der Waals surface area contributed by atoms with Crippen molar-refractivity contribution in [2.45, 2.75) is 70.0 Å². The second-order valence-corrected chi connectivity index (χ2v) is 6.94. The Kier molecular flexibility index (Phi) is 11.1. The maximum atomic E-state index is 12.1. The van der Waals surface area contributed by atoms with Crippen LogP contribution in [0.25, 0.3) is 0 Å². The number of carboxylic acid groups (broad SMARTS) is 1. The van der Waals surface area contributed by atoms with Crippen molar-refractivity contribution < 1.29 is 30.0 Å². The number of Topliss-reactive ketones (excluding diaryl/α,β-unsaturated/α-hetero) is 1. The van der Waals surface area contributed by atoms with E-state index in [9.17, 15) is 19.8 Å². The first-order valence-electron chi connectivity index (χ1n) is 9.50. The summed E-state index contributed by atoms with van der Waals surface area (Å²) >= 11 is 0. The summed E-state index contributed by atoms with van der Waals surface area (Å²) in [6, 6.07) is 0. The lowest BCUT2D eigenvalue weighted by molar-refractivity contribution is -0.137. The van der Waals surface area contributed by atoms with E-state index in [1.165, 1.54) is 0 Å². The number of carboxylic acids is 1. The van der Waals surface area contributed by atoms with Gasteiger partial charge in [0.15, 0.2) is 0 Å². The number of carbonyl (C=O) groups excluding carboxylic acids is 1. The minimum absolute atomic E-state index is 0.0276.